The minimum Gasteiger partial charge on any atom is -0.392 e. The summed E-state index contributed by atoms with van der Waals surface area (Å²) in [6.45, 7) is 2.86. The van der Waals surface area contributed by atoms with E-state index in [4.69, 9.17) is 23.2 Å². The number of aliphatic hydroxyl groups is 1. The van der Waals surface area contributed by atoms with Gasteiger partial charge in [-0.15, -0.1) is 0 Å². The lowest BCUT2D eigenvalue weighted by Crippen LogP contribution is -2.48. The van der Waals surface area contributed by atoms with Gasteiger partial charge in [-0.1, -0.05) is 35.3 Å². The molecule has 35 heavy (non-hydrogen) atoms. The van der Waals surface area contributed by atoms with Gasteiger partial charge in [0.2, 0.25) is 0 Å². The molecular formula is C27H30Cl2N4O2. The zero-order valence-corrected chi connectivity index (χ0v) is 21.1. The van der Waals surface area contributed by atoms with Crippen molar-refractivity contribution in [3.05, 3.63) is 63.6 Å². The van der Waals surface area contributed by atoms with Crippen LogP contribution >= 0.6 is 23.2 Å². The summed E-state index contributed by atoms with van der Waals surface area (Å²) in [4.78, 5) is 17.7. The van der Waals surface area contributed by atoms with E-state index in [1.54, 1.807) is 18.2 Å². The van der Waals surface area contributed by atoms with Crippen molar-refractivity contribution in [2.45, 2.75) is 49.7 Å². The van der Waals surface area contributed by atoms with Gasteiger partial charge >= 0.3 is 6.03 Å². The monoisotopic (exact) mass is 512 g/mol. The summed E-state index contributed by atoms with van der Waals surface area (Å²) >= 11 is 12.2. The molecule has 184 valence electrons. The molecule has 1 unspecified atom stereocenters. The van der Waals surface area contributed by atoms with Gasteiger partial charge in [0.25, 0.3) is 0 Å². The van der Waals surface area contributed by atoms with E-state index >= 15 is 0 Å². The Hall–Kier alpha value is -2.30. The lowest BCUT2D eigenvalue weighted by atomic mass is 9.80. The molecule has 3 fully saturated rings. The molecule has 3 aliphatic rings. The molecule has 0 radical (unpaired) electrons. The number of carbonyl (C=O) groups excluding carboxylic acids is 1. The summed E-state index contributed by atoms with van der Waals surface area (Å²) in [6, 6.07) is 15.4. The zero-order chi connectivity index (χ0) is 24.6. The van der Waals surface area contributed by atoms with Gasteiger partial charge in [0, 0.05) is 37.9 Å². The first-order chi connectivity index (χ1) is 16.9. The van der Waals surface area contributed by atoms with E-state index in [2.05, 4.69) is 22.4 Å². The fraction of sp³-hybridized carbons (Fsp3) is 0.481. The summed E-state index contributed by atoms with van der Waals surface area (Å²) in [7, 11) is 0. The van der Waals surface area contributed by atoms with Crippen LogP contribution < -0.4 is 5.32 Å². The van der Waals surface area contributed by atoms with Crippen LogP contribution in [0.25, 0.3) is 0 Å². The van der Waals surface area contributed by atoms with E-state index in [0.717, 1.165) is 45.2 Å². The largest absolute Gasteiger partial charge is 0.392 e. The number of hydrogen-bond donors (Lipinski definition) is 2. The fourth-order valence-electron chi connectivity index (χ4n) is 6.03. The van der Waals surface area contributed by atoms with E-state index in [9.17, 15) is 15.2 Å². The number of carbonyl (C=O) groups is 1. The quantitative estimate of drug-likeness (QED) is 0.551. The van der Waals surface area contributed by atoms with Gasteiger partial charge in [-0.2, -0.15) is 5.26 Å². The van der Waals surface area contributed by atoms with E-state index in [1.807, 2.05) is 23.1 Å². The standard InChI is InChI=1S/C27H30Cl2N4O2/c28-24-5-4-21(14-25(24)29)31-26(35)33(11-10-32-9-7-23(34)17-32)22-6-8-27(15-20(27)13-22)19-3-1-2-18(12-19)16-30/h1-5,12,14,20,22-23,34H,6-11,13,15,17H2,(H,31,35)/t20?,22-,23+,27+/m1/s1. The number of nitrogens with one attached hydrogen (secondary N) is 1. The Kier molecular flexibility index (Phi) is 6.96. The highest BCUT2D eigenvalue weighted by atomic mass is 35.5. The molecule has 2 saturated carbocycles. The Balaban J connectivity index is 1.29. The average Bonchev–Trinajstić information content (AvgIpc) is 3.46. The second kappa shape index (κ2) is 9.99. The van der Waals surface area contributed by atoms with Crippen LogP contribution in [0.1, 0.15) is 43.2 Å². The normalized spacial score (nSPS) is 27.7. The Morgan fingerprint density at radius 2 is 2.09 bits per heavy atom. The van der Waals surface area contributed by atoms with Gasteiger partial charge in [-0.05, 0) is 79.3 Å². The number of nitriles is 1. The SMILES string of the molecule is N#Cc1cccc([C@@]23CC[C@@H](N(CCN4CC[C@H](O)C4)C(=O)Nc4ccc(Cl)c(Cl)c4)CC2C3)c1. The van der Waals surface area contributed by atoms with Crippen molar-refractivity contribution in [3.63, 3.8) is 0 Å². The van der Waals surface area contributed by atoms with Gasteiger partial charge in [0.1, 0.15) is 0 Å². The van der Waals surface area contributed by atoms with Gasteiger partial charge < -0.3 is 15.3 Å². The Morgan fingerprint density at radius 1 is 1.23 bits per heavy atom. The van der Waals surface area contributed by atoms with Crippen LogP contribution in [-0.2, 0) is 5.41 Å². The van der Waals surface area contributed by atoms with E-state index < -0.39 is 0 Å². The molecule has 0 aromatic heterocycles. The summed E-state index contributed by atoms with van der Waals surface area (Å²) < 4.78 is 0. The van der Waals surface area contributed by atoms with Gasteiger partial charge in [0.05, 0.1) is 27.8 Å². The van der Waals surface area contributed by atoms with Crippen molar-refractivity contribution < 1.29 is 9.90 Å². The summed E-state index contributed by atoms with van der Waals surface area (Å²) in [5.74, 6) is 0.518. The van der Waals surface area contributed by atoms with E-state index in [-0.39, 0.29) is 23.6 Å². The molecule has 2 aromatic rings. The summed E-state index contributed by atoms with van der Waals surface area (Å²) in [5.41, 5.74) is 2.74. The predicted octanol–water partition coefficient (Wildman–Crippen LogP) is 5.28. The van der Waals surface area contributed by atoms with Crippen molar-refractivity contribution in [2.24, 2.45) is 5.92 Å². The third-order valence-corrected chi connectivity index (χ3v) is 8.80. The number of amides is 2. The average molecular weight is 513 g/mol. The highest BCUT2D eigenvalue weighted by Gasteiger charge is 2.58. The molecule has 5 rings (SSSR count). The Morgan fingerprint density at radius 3 is 2.80 bits per heavy atom. The summed E-state index contributed by atoms with van der Waals surface area (Å²) in [6.07, 6.45) is 4.50. The molecule has 1 heterocycles. The molecule has 6 nitrogen and oxygen atoms in total. The van der Waals surface area contributed by atoms with E-state index in [0.29, 0.717) is 40.3 Å². The third kappa shape index (κ3) is 5.15. The molecule has 0 spiro atoms. The molecule has 8 heteroatoms. The van der Waals surface area contributed by atoms with Crippen LogP contribution in [0.5, 0.6) is 0 Å². The second-order valence-corrected chi connectivity index (χ2v) is 11.0. The maximum absolute atomic E-state index is 13.5. The minimum atomic E-state index is -0.278. The molecule has 4 atom stereocenters. The number of rotatable bonds is 6. The molecular weight excluding hydrogens is 483 g/mol. The van der Waals surface area contributed by atoms with Crippen LogP contribution in [0.2, 0.25) is 10.0 Å². The fourth-order valence-corrected chi connectivity index (χ4v) is 6.33. The van der Waals surface area contributed by atoms with Crippen LogP contribution in [0.3, 0.4) is 0 Å². The number of hydrogen-bond acceptors (Lipinski definition) is 4. The molecule has 2 aliphatic carbocycles. The van der Waals surface area contributed by atoms with Crippen LogP contribution in [0.15, 0.2) is 42.5 Å². The smallest absolute Gasteiger partial charge is 0.322 e. The number of benzene rings is 2. The predicted molar refractivity (Wildman–Crippen MR) is 138 cm³/mol. The first-order valence-corrected chi connectivity index (χ1v) is 13.1. The molecule has 2 N–H and O–H groups in total. The molecule has 0 bridgehead atoms. The van der Waals surface area contributed by atoms with Crippen molar-refractivity contribution in [1.29, 1.82) is 5.26 Å². The van der Waals surface area contributed by atoms with Gasteiger partial charge in [0.15, 0.2) is 0 Å². The topological polar surface area (TPSA) is 79.6 Å². The number of fused-ring (bicyclic) bond motifs is 1. The number of anilines is 1. The Bertz CT molecular complexity index is 1150. The number of aliphatic hydroxyl groups excluding tert-OH is 1. The first kappa shape index (κ1) is 24.4. The van der Waals surface area contributed by atoms with Crippen LogP contribution in [0, 0.1) is 17.2 Å². The number of β-amino-alcohol motifs (C(OH)–C–C–N with tert-alkyl or cyclic N) is 1. The lowest BCUT2D eigenvalue weighted by Gasteiger charge is -2.37. The lowest BCUT2D eigenvalue weighted by molar-refractivity contribution is 0.142. The summed E-state index contributed by atoms with van der Waals surface area (Å²) in [5, 5.41) is 23.1. The first-order valence-electron chi connectivity index (χ1n) is 12.3. The van der Waals surface area contributed by atoms with Crippen LogP contribution in [-0.4, -0.2) is 59.3 Å². The third-order valence-electron chi connectivity index (χ3n) is 8.06. The van der Waals surface area contributed by atoms with Crippen molar-refractivity contribution in [3.8, 4) is 6.07 Å². The van der Waals surface area contributed by atoms with E-state index in [1.165, 1.54) is 5.56 Å². The molecule has 2 amide bonds. The number of urea groups is 1. The molecule has 1 aliphatic heterocycles. The van der Waals surface area contributed by atoms with Crippen molar-refractivity contribution in [1.82, 2.24) is 9.80 Å². The minimum absolute atomic E-state index is 0.132. The second-order valence-electron chi connectivity index (χ2n) is 10.2. The number of likely N-dealkylation sites (tertiary alicyclic amines) is 1. The van der Waals surface area contributed by atoms with Crippen molar-refractivity contribution >= 4 is 34.9 Å². The zero-order valence-electron chi connectivity index (χ0n) is 19.6. The number of nitrogens with zero attached hydrogens (tertiary/aromatic N) is 3. The van der Waals surface area contributed by atoms with Crippen molar-refractivity contribution in [2.75, 3.05) is 31.5 Å². The highest BCUT2D eigenvalue weighted by Crippen LogP contribution is 2.62. The van der Waals surface area contributed by atoms with Crippen LogP contribution in [0.4, 0.5) is 10.5 Å². The number of halogens is 2. The maximum atomic E-state index is 13.5. The highest BCUT2D eigenvalue weighted by molar-refractivity contribution is 6.42. The Labute approximate surface area is 216 Å². The van der Waals surface area contributed by atoms with Gasteiger partial charge in [-0.25, -0.2) is 4.79 Å². The molecule has 2 aromatic carbocycles. The maximum Gasteiger partial charge on any atom is 0.322 e. The van der Waals surface area contributed by atoms with Gasteiger partial charge in [-0.3, -0.25) is 4.90 Å². The molecule has 1 saturated heterocycles.